The molecule has 0 aromatic heterocycles. The molecule has 2 aromatic carbocycles. The van der Waals surface area contributed by atoms with Gasteiger partial charge in [0.2, 0.25) is 5.75 Å². The molecule has 132 valence electrons. The van der Waals surface area contributed by atoms with Gasteiger partial charge in [0.25, 0.3) is 0 Å². The maximum absolute atomic E-state index is 12.4. The van der Waals surface area contributed by atoms with Crippen LogP contribution in [0.15, 0.2) is 30.3 Å². The van der Waals surface area contributed by atoms with Crippen LogP contribution in [0.25, 0.3) is 0 Å². The van der Waals surface area contributed by atoms with Crippen LogP contribution in [0.4, 0.5) is 0 Å². The first-order valence-corrected chi connectivity index (χ1v) is 7.27. The molecule has 0 spiro atoms. The van der Waals surface area contributed by atoms with Crippen LogP contribution in [-0.4, -0.2) is 38.2 Å². The lowest BCUT2D eigenvalue weighted by atomic mass is 10.1. The van der Waals surface area contributed by atoms with Crippen molar-refractivity contribution in [3.63, 3.8) is 0 Å². The Morgan fingerprint density at radius 2 is 1.36 bits per heavy atom. The summed E-state index contributed by atoms with van der Waals surface area (Å²) in [4.78, 5) is 24.0. The van der Waals surface area contributed by atoms with Crippen LogP contribution < -0.4 is 18.9 Å². The summed E-state index contributed by atoms with van der Waals surface area (Å²) in [7, 11) is 4.15. The van der Waals surface area contributed by atoms with Crippen LogP contribution in [0, 0.1) is 0 Å². The number of methoxy groups -OCH3 is 3. The normalized spacial score (nSPS) is 10.1. The Morgan fingerprint density at radius 1 is 0.840 bits per heavy atom. The summed E-state index contributed by atoms with van der Waals surface area (Å²) in [6, 6.07) is 6.99. The number of Topliss-reactive ketones (excluding diaryl/α,β-unsaturated/α-hetero) is 1. The van der Waals surface area contributed by atoms with Gasteiger partial charge in [0.05, 0.1) is 26.9 Å². The monoisotopic (exact) mass is 346 g/mol. The fraction of sp³-hybridized carbons (Fsp3) is 0.222. The summed E-state index contributed by atoms with van der Waals surface area (Å²) in [5.41, 5.74) is 0.522. The number of ketones is 1. The van der Waals surface area contributed by atoms with Crippen molar-refractivity contribution in [3.05, 3.63) is 41.5 Å². The van der Waals surface area contributed by atoms with E-state index in [4.69, 9.17) is 18.9 Å². The second kappa shape index (κ2) is 7.57. The first-order valence-electron chi connectivity index (χ1n) is 7.27. The number of benzene rings is 2. The Kier molecular flexibility index (Phi) is 5.49. The highest BCUT2D eigenvalue weighted by Gasteiger charge is 2.20. The summed E-state index contributed by atoms with van der Waals surface area (Å²) in [6.45, 7) is 1.41. The van der Waals surface area contributed by atoms with E-state index in [0.29, 0.717) is 5.56 Å². The average Bonchev–Trinajstić information content (AvgIpc) is 2.61. The topological polar surface area (TPSA) is 91.3 Å². The predicted octanol–water partition coefficient (Wildman–Crippen LogP) is 2.84. The minimum Gasteiger partial charge on any atom is -0.504 e. The molecule has 0 aliphatic rings. The Bertz CT molecular complexity index is 786. The number of ether oxygens (including phenoxy) is 4. The Labute approximate surface area is 144 Å². The third-order valence-electron chi connectivity index (χ3n) is 3.48. The van der Waals surface area contributed by atoms with Gasteiger partial charge in [-0.05, 0) is 37.3 Å². The predicted molar refractivity (Wildman–Crippen MR) is 89.2 cm³/mol. The fourth-order valence-electron chi connectivity index (χ4n) is 2.14. The summed E-state index contributed by atoms with van der Waals surface area (Å²) >= 11 is 0. The molecule has 0 aliphatic carbocycles. The third-order valence-corrected chi connectivity index (χ3v) is 3.48. The van der Waals surface area contributed by atoms with E-state index < -0.39 is 5.97 Å². The van der Waals surface area contributed by atoms with Crippen LogP contribution in [0.5, 0.6) is 28.7 Å². The molecule has 2 rings (SSSR count). The van der Waals surface area contributed by atoms with Gasteiger partial charge in [0, 0.05) is 5.56 Å². The van der Waals surface area contributed by atoms with Crippen molar-refractivity contribution < 1.29 is 33.6 Å². The molecule has 7 nitrogen and oxygen atoms in total. The number of hydrogen-bond acceptors (Lipinski definition) is 7. The fourth-order valence-corrected chi connectivity index (χ4v) is 2.14. The zero-order valence-electron chi connectivity index (χ0n) is 14.3. The van der Waals surface area contributed by atoms with Gasteiger partial charge in [0.15, 0.2) is 28.8 Å². The van der Waals surface area contributed by atoms with Crippen LogP contribution >= 0.6 is 0 Å². The first-order chi connectivity index (χ1) is 11.9. The molecule has 0 unspecified atom stereocenters. The minimum absolute atomic E-state index is 0.0482. The van der Waals surface area contributed by atoms with Gasteiger partial charge < -0.3 is 24.1 Å². The number of hydrogen-bond donors (Lipinski definition) is 1. The SMILES string of the molecule is COc1cc(C(=O)Oc2c(OC)cc(C(C)=O)cc2OC)ccc1O. The second-order valence-corrected chi connectivity index (χ2v) is 5.04. The standard InChI is InChI=1S/C18H18O7/c1-10(19)12-8-15(23-3)17(16(9-12)24-4)25-18(21)11-5-6-13(20)14(7-11)22-2/h5-9,20H,1-4H3. The number of phenolic OH excluding ortho intramolecular Hbond substituents is 1. The lowest BCUT2D eigenvalue weighted by molar-refractivity contribution is 0.0724. The van der Waals surface area contributed by atoms with Crippen molar-refractivity contribution in [3.8, 4) is 28.7 Å². The average molecular weight is 346 g/mol. The maximum atomic E-state index is 12.4. The van der Waals surface area contributed by atoms with Gasteiger partial charge >= 0.3 is 5.97 Å². The Morgan fingerprint density at radius 3 is 1.84 bits per heavy atom. The molecule has 1 N–H and O–H groups in total. The van der Waals surface area contributed by atoms with Crippen molar-refractivity contribution in [1.29, 1.82) is 0 Å². The zero-order valence-corrected chi connectivity index (χ0v) is 14.3. The van der Waals surface area contributed by atoms with Crippen LogP contribution in [0.1, 0.15) is 27.6 Å². The molecule has 0 atom stereocenters. The quantitative estimate of drug-likeness (QED) is 0.488. The number of carbonyl (C=O) groups is 2. The third kappa shape index (κ3) is 3.82. The van der Waals surface area contributed by atoms with Gasteiger partial charge in [-0.1, -0.05) is 0 Å². The highest BCUT2D eigenvalue weighted by Crippen LogP contribution is 2.39. The van der Waals surface area contributed by atoms with E-state index in [1.54, 1.807) is 0 Å². The van der Waals surface area contributed by atoms with Gasteiger partial charge in [0.1, 0.15) is 0 Å². The van der Waals surface area contributed by atoms with E-state index in [-0.39, 0.29) is 40.1 Å². The summed E-state index contributed by atoms with van der Waals surface area (Å²) in [5, 5.41) is 9.60. The second-order valence-electron chi connectivity index (χ2n) is 5.04. The molecule has 0 radical (unpaired) electrons. The maximum Gasteiger partial charge on any atom is 0.343 e. The van der Waals surface area contributed by atoms with E-state index >= 15 is 0 Å². The minimum atomic E-state index is -0.703. The highest BCUT2D eigenvalue weighted by atomic mass is 16.6. The molecule has 0 aliphatic heterocycles. The lowest BCUT2D eigenvalue weighted by Gasteiger charge is -2.14. The lowest BCUT2D eigenvalue weighted by Crippen LogP contribution is -2.11. The van der Waals surface area contributed by atoms with E-state index in [0.717, 1.165) is 0 Å². The van der Waals surface area contributed by atoms with Crippen LogP contribution in [0.2, 0.25) is 0 Å². The van der Waals surface area contributed by atoms with E-state index in [9.17, 15) is 14.7 Å². The van der Waals surface area contributed by atoms with E-state index in [1.165, 1.54) is 58.6 Å². The summed E-state index contributed by atoms with van der Waals surface area (Å²) in [5.74, 6) is -0.428. The Hall–Kier alpha value is -3.22. The molecule has 0 amide bonds. The van der Waals surface area contributed by atoms with E-state index in [1.807, 2.05) is 0 Å². The van der Waals surface area contributed by atoms with Gasteiger partial charge in [-0.2, -0.15) is 0 Å². The number of rotatable bonds is 6. The summed E-state index contributed by atoms with van der Waals surface area (Å²) in [6.07, 6.45) is 0. The van der Waals surface area contributed by atoms with Crippen LogP contribution in [-0.2, 0) is 0 Å². The number of aromatic hydroxyl groups is 1. The molecule has 2 aromatic rings. The molecule has 0 bridgehead atoms. The molecule has 7 heteroatoms. The van der Waals surface area contributed by atoms with Gasteiger partial charge in [-0.15, -0.1) is 0 Å². The molecular formula is C18H18O7. The molecular weight excluding hydrogens is 328 g/mol. The first kappa shape index (κ1) is 18.1. The molecule has 0 fully saturated rings. The number of esters is 1. The van der Waals surface area contributed by atoms with Crippen molar-refractivity contribution in [1.82, 2.24) is 0 Å². The molecule has 0 heterocycles. The van der Waals surface area contributed by atoms with Crippen molar-refractivity contribution in [2.45, 2.75) is 6.92 Å². The number of carbonyl (C=O) groups excluding carboxylic acids is 2. The largest absolute Gasteiger partial charge is 0.504 e. The van der Waals surface area contributed by atoms with Crippen molar-refractivity contribution in [2.75, 3.05) is 21.3 Å². The van der Waals surface area contributed by atoms with Crippen LogP contribution in [0.3, 0.4) is 0 Å². The smallest absolute Gasteiger partial charge is 0.343 e. The molecule has 0 saturated carbocycles. The van der Waals surface area contributed by atoms with Gasteiger partial charge in [-0.3, -0.25) is 4.79 Å². The summed E-state index contributed by atoms with van der Waals surface area (Å²) < 4.78 is 20.8. The molecule has 25 heavy (non-hydrogen) atoms. The highest BCUT2D eigenvalue weighted by molar-refractivity contribution is 5.96. The van der Waals surface area contributed by atoms with E-state index in [2.05, 4.69) is 0 Å². The van der Waals surface area contributed by atoms with Crippen molar-refractivity contribution >= 4 is 11.8 Å². The number of phenols is 1. The van der Waals surface area contributed by atoms with Gasteiger partial charge in [-0.25, -0.2) is 4.79 Å². The Balaban J connectivity index is 2.42. The zero-order chi connectivity index (χ0) is 18.6. The van der Waals surface area contributed by atoms with Crippen molar-refractivity contribution in [2.24, 2.45) is 0 Å². The molecule has 0 saturated heterocycles.